The van der Waals surface area contributed by atoms with Crippen molar-refractivity contribution in [3.63, 3.8) is 0 Å². The van der Waals surface area contributed by atoms with Crippen LogP contribution in [0.3, 0.4) is 0 Å². The molecule has 4 heavy (non-hydrogen) atoms. The Morgan fingerprint density at radius 3 is 1.25 bits per heavy atom. The third kappa shape index (κ3) is 8.83. The molecule has 0 aliphatic rings. The van der Waals surface area contributed by atoms with Gasteiger partial charge in [-0.05, 0) is 0 Å². The van der Waals surface area contributed by atoms with Gasteiger partial charge in [-0.25, -0.2) is 0 Å². The fourth-order valence-corrected chi connectivity index (χ4v) is 0. The first kappa shape index (κ1) is 9.62. The zero-order valence-corrected chi connectivity index (χ0v) is 7.01. The van der Waals surface area contributed by atoms with Crippen molar-refractivity contribution in [1.82, 2.24) is 0 Å². The Morgan fingerprint density at radius 1 is 1.25 bits per heavy atom. The molecule has 0 N–H and O–H groups in total. The van der Waals surface area contributed by atoms with Crippen molar-refractivity contribution in [3.05, 3.63) is 0 Å². The normalized spacial score (nSPS) is 3.00. The molecular weight excluding hydrogens is 327 g/mol. The Balaban J connectivity index is 0. The second kappa shape index (κ2) is 9.03. The van der Waals surface area contributed by atoms with Crippen molar-refractivity contribution in [3.8, 4) is 0 Å². The Bertz CT molecular complexity index is 27.0. The predicted molar refractivity (Wildman–Crippen MR) is 15.2 cm³/mol. The van der Waals surface area contributed by atoms with E-state index < -0.39 is 0 Å². The summed E-state index contributed by atoms with van der Waals surface area (Å²) in [6, 6.07) is 0. The van der Waals surface area contributed by atoms with E-state index in [0.29, 0.717) is 0 Å². The molecule has 0 aromatic heterocycles. The van der Waals surface area contributed by atoms with Crippen LogP contribution >= 0.6 is 19.6 Å². The summed E-state index contributed by atoms with van der Waals surface area (Å²) < 4.78 is 0. The number of rotatable bonds is 0. The molecule has 0 nitrogen and oxygen atoms in total. The molecule has 4 heteroatoms. The van der Waals surface area contributed by atoms with E-state index in [2.05, 4.69) is 19.6 Å². The van der Waals surface area contributed by atoms with Gasteiger partial charge in [-0.2, -0.15) is 0 Å². The third-order valence-corrected chi connectivity index (χ3v) is 0. The van der Waals surface area contributed by atoms with Crippen LogP contribution in [0.2, 0.25) is 0 Å². The molecule has 0 heterocycles. The molecule has 0 aliphatic heterocycles. The van der Waals surface area contributed by atoms with Crippen molar-refractivity contribution >= 4 is 19.6 Å². The van der Waals surface area contributed by atoms with Gasteiger partial charge in [0.25, 0.3) is 0 Å². The zero-order valence-electron chi connectivity index (χ0n) is 1.51. The predicted octanol–water partition coefficient (Wildman–Crippen LogP) is 1.29. The van der Waals surface area contributed by atoms with E-state index in [1.807, 2.05) is 0 Å². The van der Waals surface area contributed by atoms with E-state index in [1.165, 1.54) is 0 Å². The van der Waals surface area contributed by atoms with Crippen LogP contribution in [-0.2, 0) is 14.9 Å². The number of hydrogen-bond acceptors (Lipinski definition) is 2. The van der Waals surface area contributed by atoms with Gasteiger partial charge in [0.2, 0.25) is 0 Å². The Morgan fingerprint density at radius 2 is 1.25 bits per heavy atom. The van der Waals surface area contributed by atoms with Crippen LogP contribution in [0.4, 0.5) is 0 Å². The molecule has 0 unspecified atom stereocenters. The molecule has 0 spiro atoms. The Labute approximate surface area is 70.4 Å². The summed E-state index contributed by atoms with van der Waals surface area (Å²) in [7, 11) is 8.68. The van der Waals surface area contributed by atoms with Gasteiger partial charge in [-0.3, -0.25) is 0 Å². The van der Waals surface area contributed by atoms with Gasteiger partial charge in [-0.1, -0.05) is 0 Å². The first-order chi connectivity index (χ1) is 1.41. The molecule has 0 aromatic carbocycles. The Kier molecular flexibility index (Phi) is 21.7. The van der Waals surface area contributed by atoms with Crippen LogP contribution in [-0.4, -0.2) is 0 Å². The molecule has 0 amide bonds. The summed E-state index contributed by atoms with van der Waals surface area (Å²) in [5, 5.41) is 0. The van der Waals surface area contributed by atoms with Crippen molar-refractivity contribution < 1.29 is 52.2 Å². The first-order valence-electron chi connectivity index (χ1n) is 0.333. The van der Waals surface area contributed by atoms with Gasteiger partial charge in [0, 0.05) is 37.3 Å². The third-order valence-electron chi connectivity index (χ3n) is 0. The summed E-state index contributed by atoms with van der Waals surface area (Å²) in [5.41, 5.74) is 0. The molecular formula is ErMoS2. The van der Waals surface area contributed by atoms with Gasteiger partial charge in [0.1, 0.15) is 0 Å². The van der Waals surface area contributed by atoms with Crippen molar-refractivity contribution in [1.29, 1.82) is 0 Å². The van der Waals surface area contributed by atoms with E-state index in [0.717, 1.165) is 0 Å². The van der Waals surface area contributed by atoms with Gasteiger partial charge >= 0.3 is 34.6 Å². The zero-order chi connectivity index (χ0) is 2.71. The summed E-state index contributed by atoms with van der Waals surface area (Å²) in [4.78, 5) is 0. The van der Waals surface area contributed by atoms with Gasteiger partial charge in [-0.15, -0.1) is 0 Å². The molecule has 0 aliphatic carbocycles. The van der Waals surface area contributed by atoms with E-state index in [9.17, 15) is 0 Å². The molecule has 0 bridgehead atoms. The summed E-state index contributed by atoms with van der Waals surface area (Å²) in [6.07, 6.45) is 0. The molecule has 0 fully saturated rings. The van der Waals surface area contributed by atoms with E-state index in [-0.39, 0.29) is 52.2 Å². The molecule has 0 aromatic rings. The molecule has 0 atom stereocenters. The minimum absolute atomic E-state index is 0. The van der Waals surface area contributed by atoms with Crippen LogP contribution in [0.15, 0.2) is 0 Å². The van der Waals surface area contributed by atoms with Crippen molar-refractivity contribution in [2.45, 2.75) is 0 Å². The monoisotopic (exact) mass is 328 g/mol. The quantitative estimate of drug-likeness (QED) is 0.615. The van der Waals surface area contributed by atoms with Crippen molar-refractivity contribution in [2.24, 2.45) is 0 Å². The van der Waals surface area contributed by atoms with Gasteiger partial charge in [0.05, 0.1) is 0 Å². The van der Waals surface area contributed by atoms with E-state index >= 15 is 0 Å². The average molecular weight is 327 g/mol. The van der Waals surface area contributed by atoms with Crippen LogP contribution < -0.4 is 0 Å². The minimum atomic E-state index is -0.363. The Hall–Kier alpha value is 2.38. The molecule has 30 valence electrons. The number of hydrogen-bond donors (Lipinski definition) is 0. The average Bonchev–Trinajstić information content (AvgIpc) is 0.918. The second-order valence-electron chi connectivity index (χ2n) is 0.0680. The first-order valence-corrected chi connectivity index (χ1v) is 5.92. The van der Waals surface area contributed by atoms with Crippen molar-refractivity contribution in [2.75, 3.05) is 0 Å². The summed E-state index contributed by atoms with van der Waals surface area (Å²) in [5.74, 6) is 0. The van der Waals surface area contributed by atoms with Crippen LogP contribution in [0, 0.1) is 37.3 Å². The molecule has 0 radical (unpaired) electrons. The molecule has 0 saturated heterocycles. The fraction of sp³-hybridized carbons (Fsp3) is 0. The maximum absolute atomic E-state index is 4.34. The molecule has 0 saturated carbocycles. The summed E-state index contributed by atoms with van der Waals surface area (Å²) in [6.45, 7) is 0. The van der Waals surface area contributed by atoms with Crippen LogP contribution in [0.5, 0.6) is 0 Å². The van der Waals surface area contributed by atoms with Gasteiger partial charge in [0.15, 0.2) is 0 Å². The second-order valence-corrected chi connectivity index (χ2v) is 3.62. The summed E-state index contributed by atoms with van der Waals surface area (Å²) >= 11 is -0.363. The topological polar surface area (TPSA) is 0 Å². The fourth-order valence-electron chi connectivity index (χ4n) is 0. The van der Waals surface area contributed by atoms with Crippen LogP contribution in [0.1, 0.15) is 0 Å². The standard InChI is InChI=1S/Er.Mo.2S. The van der Waals surface area contributed by atoms with E-state index in [4.69, 9.17) is 0 Å². The van der Waals surface area contributed by atoms with Gasteiger partial charge < -0.3 is 0 Å². The maximum atomic E-state index is 4.34. The SMILES string of the molecule is [Er].[S]=[Mo]=[S]. The molecule has 0 rings (SSSR count). The van der Waals surface area contributed by atoms with E-state index in [1.54, 1.807) is 0 Å². The van der Waals surface area contributed by atoms with Crippen LogP contribution in [0.25, 0.3) is 0 Å².